The van der Waals surface area contributed by atoms with Crippen LogP contribution in [-0.4, -0.2) is 22.7 Å². The van der Waals surface area contributed by atoms with Crippen LogP contribution in [0, 0.1) is 0 Å². The topological polar surface area (TPSA) is 59.1 Å². The summed E-state index contributed by atoms with van der Waals surface area (Å²) in [5.41, 5.74) is 9.16. The Morgan fingerprint density at radius 3 is 2.59 bits per heavy atom. The van der Waals surface area contributed by atoms with Crippen molar-refractivity contribution in [3.8, 4) is 11.1 Å². The number of pyridine rings is 1. The summed E-state index contributed by atoms with van der Waals surface area (Å²) in [5, 5.41) is 8.95. The fourth-order valence-corrected chi connectivity index (χ4v) is 1.79. The van der Waals surface area contributed by atoms with Gasteiger partial charge < -0.3 is 10.8 Å². The molecule has 0 unspecified atom stereocenters. The second kappa shape index (κ2) is 5.57. The van der Waals surface area contributed by atoms with Gasteiger partial charge in [0.2, 0.25) is 0 Å². The first-order chi connectivity index (χ1) is 8.29. The van der Waals surface area contributed by atoms with Crippen LogP contribution in [0.2, 0.25) is 0 Å². The molecule has 3 heteroatoms. The molecule has 1 aromatic carbocycles. The molecule has 88 valence electrons. The van der Waals surface area contributed by atoms with Crippen molar-refractivity contribution in [1.29, 1.82) is 0 Å². The Bertz CT molecular complexity index is 471. The molecule has 2 rings (SSSR count). The van der Waals surface area contributed by atoms with Crippen LogP contribution in [-0.2, 0) is 6.42 Å². The Kier molecular flexibility index (Phi) is 3.85. The van der Waals surface area contributed by atoms with Crippen LogP contribution in [0.15, 0.2) is 48.8 Å². The molecule has 0 amide bonds. The molecule has 0 aliphatic carbocycles. The number of rotatable bonds is 4. The second-order valence-corrected chi connectivity index (χ2v) is 4.08. The average molecular weight is 228 g/mol. The standard InChI is InChI=1S/C14H16N2O/c15-14(10-17)9-11-2-1-3-13(8-11)12-4-6-16-7-5-12/h1-8,14,17H,9-10,15H2/t14-/m0/s1. The molecule has 3 nitrogen and oxygen atoms in total. The quantitative estimate of drug-likeness (QED) is 0.835. The lowest BCUT2D eigenvalue weighted by Crippen LogP contribution is -2.26. The van der Waals surface area contributed by atoms with E-state index in [2.05, 4.69) is 17.1 Å². The van der Waals surface area contributed by atoms with Crippen molar-refractivity contribution in [1.82, 2.24) is 4.98 Å². The van der Waals surface area contributed by atoms with Crippen LogP contribution in [0.5, 0.6) is 0 Å². The van der Waals surface area contributed by atoms with Crippen LogP contribution in [0.4, 0.5) is 0 Å². The molecular formula is C14H16N2O. The van der Waals surface area contributed by atoms with E-state index in [1.807, 2.05) is 24.3 Å². The number of nitrogens with zero attached hydrogens (tertiary/aromatic N) is 1. The molecule has 0 saturated carbocycles. The van der Waals surface area contributed by atoms with Crippen molar-refractivity contribution in [2.24, 2.45) is 5.73 Å². The Morgan fingerprint density at radius 1 is 1.12 bits per heavy atom. The Hall–Kier alpha value is -1.71. The summed E-state index contributed by atoms with van der Waals surface area (Å²) >= 11 is 0. The number of aromatic nitrogens is 1. The van der Waals surface area contributed by atoms with E-state index < -0.39 is 0 Å². The smallest absolute Gasteiger partial charge is 0.0585 e. The monoisotopic (exact) mass is 228 g/mol. The predicted molar refractivity (Wildman–Crippen MR) is 68.4 cm³/mol. The van der Waals surface area contributed by atoms with Crippen molar-refractivity contribution in [2.45, 2.75) is 12.5 Å². The lowest BCUT2D eigenvalue weighted by molar-refractivity contribution is 0.265. The molecule has 0 saturated heterocycles. The molecule has 0 spiro atoms. The highest BCUT2D eigenvalue weighted by Gasteiger charge is 2.03. The summed E-state index contributed by atoms with van der Waals surface area (Å²) in [4.78, 5) is 4.00. The van der Waals surface area contributed by atoms with E-state index in [9.17, 15) is 0 Å². The minimum absolute atomic E-state index is 0.0134. The van der Waals surface area contributed by atoms with Crippen LogP contribution in [0.25, 0.3) is 11.1 Å². The fraction of sp³-hybridized carbons (Fsp3) is 0.214. The van der Waals surface area contributed by atoms with Gasteiger partial charge in [0.15, 0.2) is 0 Å². The molecular weight excluding hydrogens is 212 g/mol. The van der Waals surface area contributed by atoms with Gasteiger partial charge in [-0.15, -0.1) is 0 Å². The Morgan fingerprint density at radius 2 is 1.88 bits per heavy atom. The minimum Gasteiger partial charge on any atom is -0.395 e. The van der Waals surface area contributed by atoms with Gasteiger partial charge in [0, 0.05) is 18.4 Å². The maximum atomic E-state index is 8.95. The minimum atomic E-state index is -0.192. The van der Waals surface area contributed by atoms with Crippen molar-refractivity contribution >= 4 is 0 Å². The van der Waals surface area contributed by atoms with E-state index in [-0.39, 0.29) is 12.6 Å². The largest absolute Gasteiger partial charge is 0.395 e. The maximum Gasteiger partial charge on any atom is 0.0585 e. The van der Waals surface area contributed by atoms with Gasteiger partial charge in [-0.05, 0) is 35.2 Å². The summed E-state index contributed by atoms with van der Waals surface area (Å²) < 4.78 is 0. The molecule has 0 fully saturated rings. The molecule has 0 radical (unpaired) electrons. The first-order valence-electron chi connectivity index (χ1n) is 5.65. The highest BCUT2D eigenvalue weighted by molar-refractivity contribution is 5.63. The molecule has 0 aliphatic rings. The molecule has 3 N–H and O–H groups in total. The molecule has 1 aromatic heterocycles. The zero-order valence-electron chi connectivity index (χ0n) is 9.58. The molecule has 1 heterocycles. The number of benzene rings is 1. The lowest BCUT2D eigenvalue weighted by atomic mass is 10.0. The normalized spacial score (nSPS) is 12.4. The summed E-state index contributed by atoms with van der Waals surface area (Å²) in [6, 6.07) is 12.0. The van der Waals surface area contributed by atoms with Crippen molar-refractivity contribution in [2.75, 3.05) is 6.61 Å². The summed E-state index contributed by atoms with van der Waals surface area (Å²) in [6.45, 7) is 0.0134. The first-order valence-corrected chi connectivity index (χ1v) is 5.65. The van der Waals surface area contributed by atoms with Crippen molar-refractivity contribution in [3.63, 3.8) is 0 Å². The SMILES string of the molecule is N[C@H](CO)Cc1cccc(-c2ccncc2)c1. The lowest BCUT2D eigenvalue weighted by Gasteiger charge is -2.09. The third-order valence-electron chi connectivity index (χ3n) is 2.67. The van der Waals surface area contributed by atoms with Gasteiger partial charge in [0.05, 0.1) is 6.61 Å². The Balaban J connectivity index is 2.23. The van der Waals surface area contributed by atoms with Gasteiger partial charge in [0.25, 0.3) is 0 Å². The predicted octanol–water partition coefficient (Wildman–Crippen LogP) is 1.61. The van der Waals surface area contributed by atoms with E-state index in [0.29, 0.717) is 6.42 Å². The summed E-state index contributed by atoms with van der Waals surface area (Å²) in [5.74, 6) is 0. The van der Waals surface area contributed by atoms with Gasteiger partial charge in [-0.25, -0.2) is 0 Å². The van der Waals surface area contributed by atoms with Gasteiger partial charge >= 0.3 is 0 Å². The van der Waals surface area contributed by atoms with Crippen LogP contribution in [0.1, 0.15) is 5.56 Å². The van der Waals surface area contributed by atoms with E-state index in [4.69, 9.17) is 10.8 Å². The fourth-order valence-electron chi connectivity index (χ4n) is 1.79. The first kappa shape index (κ1) is 11.8. The van der Waals surface area contributed by atoms with Crippen LogP contribution >= 0.6 is 0 Å². The average Bonchev–Trinajstić information content (AvgIpc) is 2.40. The van der Waals surface area contributed by atoms with Crippen molar-refractivity contribution < 1.29 is 5.11 Å². The number of hydrogen-bond acceptors (Lipinski definition) is 3. The summed E-state index contributed by atoms with van der Waals surface area (Å²) in [7, 11) is 0. The van der Waals surface area contributed by atoms with Gasteiger partial charge in [0.1, 0.15) is 0 Å². The molecule has 1 atom stereocenters. The third kappa shape index (κ3) is 3.12. The maximum absolute atomic E-state index is 8.95. The zero-order valence-corrected chi connectivity index (χ0v) is 9.58. The molecule has 17 heavy (non-hydrogen) atoms. The van der Waals surface area contributed by atoms with E-state index in [1.54, 1.807) is 12.4 Å². The van der Waals surface area contributed by atoms with Crippen molar-refractivity contribution in [3.05, 3.63) is 54.4 Å². The van der Waals surface area contributed by atoms with Crippen LogP contribution < -0.4 is 5.73 Å². The van der Waals surface area contributed by atoms with E-state index in [0.717, 1.165) is 16.7 Å². The van der Waals surface area contributed by atoms with E-state index >= 15 is 0 Å². The zero-order chi connectivity index (χ0) is 12.1. The Labute approximate surface area is 101 Å². The number of nitrogens with two attached hydrogens (primary N) is 1. The summed E-state index contributed by atoms with van der Waals surface area (Å²) in [6.07, 6.45) is 4.25. The van der Waals surface area contributed by atoms with Gasteiger partial charge in [-0.2, -0.15) is 0 Å². The van der Waals surface area contributed by atoms with Crippen LogP contribution in [0.3, 0.4) is 0 Å². The third-order valence-corrected chi connectivity index (χ3v) is 2.67. The van der Waals surface area contributed by atoms with Gasteiger partial charge in [-0.1, -0.05) is 24.3 Å². The second-order valence-electron chi connectivity index (χ2n) is 4.08. The number of aliphatic hydroxyl groups excluding tert-OH is 1. The van der Waals surface area contributed by atoms with E-state index in [1.165, 1.54) is 0 Å². The molecule has 2 aromatic rings. The van der Waals surface area contributed by atoms with Gasteiger partial charge in [-0.3, -0.25) is 4.98 Å². The molecule has 0 bridgehead atoms. The highest BCUT2D eigenvalue weighted by atomic mass is 16.3. The highest BCUT2D eigenvalue weighted by Crippen LogP contribution is 2.19. The number of hydrogen-bond donors (Lipinski definition) is 2. The molecule has 0 aliphatic heterocycles. The number of aliphatic hydroxyl groups is 1.